The molecule has 0 saturated heterocycles. The molecule has 1 aromatic heterocycles. The van der Waals surface area contributed by atoms with Gasteiger partial charge in [0.25, 0.3) is 0 Å². The molecule has 0 spiro atoms. The van der Waals surface area contributed by atoms with E-state index in [9.17, 15) is 13.2 Å². The van der Waals surface area contributed by atoms with E-state index >= 15 is 0 Å². The first-order valence-corrected chi connectivity index (χ1v) is 5.79. The standard InChI is InChI=1S/C11H10ClF3N4/c1-2-9-10(16)17-18-19(9)8-4-6(11(13,14)15)3-7(12)5-8/h3-5H,2,16H2,1H3. The number of nitrogen functional groups attached to an aromatic ring is 1. The molecule has 102 valence electrons. The zero-order chi connectivity index (χ0) is 14.2. The third-order valence-electron chi connectivity index (χ3n) is 2.58. The smallest absolute Gasteiger partial charge is 0.381 e. The predicted molar refractivity (Wildman–Crippen MR) is 65.2 cm³/mol. The lowest BCUT2D eigenvalue weighted by molar-refractivity contribution is -0.137. The number of rotatable bonds is 2. The molecule has 1 aromatic carbocycles. The van der Waals surface area contributed by atoms with Gasteiger partial charge < -0.3 is 5.73 Å². The SMILES string of the molecule is CCc1c(N)nnn1-c1cc(Cl)cc(C(F)(F)F)c1. The van der Waals surface area contributed by atoms with Gasteiger partial charge in [0.05, 0.1) is 16.9 Å². The minimum atomic E-state index is -4.47. The van der Waals surface area contributed by atoms with Gasteiger partial charge in [0.15, 0.2) is 5.82 Å². The molecule has 0 aliphatic carbocycles. The van der Waals surface area contributed by atoms with Crippen LogP contribution in [0.15, 0.2) is 18.2 Å². The topological polar surface area (TPSA) is 56.7 Å². The Morgan fingerprint density at radius 3 is 2.58 bits per heavy atom. The van der Waals surface area contributed by atoms with Crippen LogP contribution >= 0.6 is 11.6 Å². The number of nitrogens with two attached hydrogens (primary N) is 1. The van der Waals surface area contributed by atoms with Crippen molar-refractivity contribution < 1.29 is 13.2 Å². The van der Waals surface area contributed by atoms with E-state index in [1.807, 2.05) is 0 Å². The number of hydrogen-bond acceptors (Lipinski definition) is 3. The number of anilines is 1. The van der Waals surface area contributed by atoms with Crippen molar-refractivity contribution in [3.8, 4) is 5.69 Å². The summed E-state index contributed by atoms with van der Waals surface area (Å²) in [6.07, 6.45) is -3.98. The molecule has 0 bridgehead atoms. The monoisotopic (exact) mass is 290 g/mol. The van der Waals surface area contributed by atoms with Gasteiger partial charge in [-0.15, -0.1) is 5.10 Å². The molecule has 0 aliphatic rings. The molecular weight excluding hydrogens is 281 g/mol. The maximum absolute atomic E-state index is 12.7. The highest BCUT2D eigenvalue weighted by atomic mass is 35.5. The van der Waals surface area contributed by atoms with Gasteiger partial charge in [0, 0.05) is 5.02 Å². The average Bonchev–Trinajstić information content (AvgIpc) is 2.68. The lowest BCUT2D eigenvalue weighted by atomic mass is 10.2. The van der Waals surface area contributed by atoms with Crippen molar-refractivity contribution in [2.75, 3.05) is 5.73 Å². The molecule has 0 fully saturated rings. The zero-order valence-corrected chi connectivity index (χ0v) is 10.6. The highest BCUT2D eigenvalue weighted by Gasteiger charge is 2.31. The van der Waals surface area contributed by atoms with Crippen molar-refractivity contribution in [2.24, 2.45) is 0 Å². The van der Waals surface area contributed by atoms with E-state index in [0.29, 0.717) is 12.1 Å². The summed E-state index contributed by atoms with van der Waals surface area (Å²) in [5.41, 5.74) is 5.48. The maximum Gasteiger partial charge on any atom is 0.416 e. The molecule has 0 unspecified atom stereocenters. The summed E-state index contributed by atoms with van der Waals surface area (Å²) < 4.78 is 39.4. The summed E-state index contributed by atoms with van der Waals surface area (Å²) >= 11 is 5.72. The van der Waals surface area contributed by atoms with Crippen LogP contribution in [0.25, 0.3) is 5.69 Å². The lowest BCUT2D eigenvalue weighted by Crippen LogP contribution is -2.08. The fourth-order valence-corrected chi connectivity index (χ4v) is 1.94. The van der Waals surface area contributed by atoms with Crippen LogP contribution in [0, 0.1) is 0 Å². The summed E-state index contributed by atoms with van der Waals surface area (Å²) in [5, 5.41) is 7.36. The van der Waals surface area contributed by atoms with Gasteiger partial charge >= 0.3 is 6.18 Å². The van der Waals surface area contributed by atoms with Crippen LogP contribution in [0.4, 0.5) is 19.0 Å². The minimum Gasteiger partial charge on any atom is -0.381 e. The number of aromatic nitrogens is 3. The first-order valence-electron chi connectivity index (χ1n) is 5.41. The van der Waals surface area contributed by atoms with E-state index in [0.717, 1.165) is 12.1 Å². The lowest BCUT2D eigenvalue weighted by Gasteiger charge is -2.11. The van der Waals surface area contributed by atoms with E-state index < -0.39 is 11.7 Å². The van der Waals surface area contributed by atoms with Crippen molar-refractivity contribution in [3.63, 3.8) is 0 Å². The molecule has 2 rings (SSSR count). The maximum atomic E-state index is 12.7. The van der Waals surface area contributed by atoms with Gasteiger partial charge in [0.1, 0.15) is 0 Å². The van der Waals surface area contributed by atoms with Crippen LogP contribution in [0.2, 0.25) is 5.02 Å². The van der Waals surface area contributed by atoms with Crippen molar-refractivity contribution in [2.45, 2.75) is 19.5 Å². The fourth-order valence-electron chi connectivity index (χ4n) is 1.71. The van der Waals surface area contributed by atoms with E-state index in [4.69, 9.17) is 17.3 Å². The van der Waals surface area contributed by atoms with E-state index in [1.54, 1.807) is 6.92 Å². The number of nitrogens with zero attached hydrogens (tertiary/aromatic N) is 3. The quantitative estimate of drug-likeness (QED) is 0.924. The Hall–Kier alpha value is -1.76. The Morgan fingerprint density at radius 1 is 1.32 bits per heavy atom. The summed E-state index contributed by atoms with van der Waals surface area (Å²) in [6.45, 7) is 1.81. The zero-order valence-electron chi connectivity index (χ0n) is 9.87. The van der Waals surface area contributed by atoms with Crippen molar-refractivity contribution in [1.29, 1.82) is 0 Å². The van der Waals surface area contributed by atoms with Gasteiger partial charge in [-0.05, 0) is 24.6 Å². The largest absolute Gasteiger partial charge is 0.416 e. The molecule has 0 radical (unpaired) electrons. The highest BCUT2D eigenvalue weighted by Crippen LogP contribution is 2.33. The van der Waals surface area contributed by atoms with E-state index in [2.05, 4.69) is 10.3 Å². The molecule has 19 heavy (non-hydrogen) atoms. The number of halogens is 4. The third kappa shape index (κ3) is 2.65. The van der Waals surface area contributed by atoms with Crippen LogP contribution in [0.5, 0.6) is 0 Å². The predicted octanol–water partition coefficient (Wildman–Crippen LogP) is 3.08. The van der Waals surface area contributed by atoms with E-state index in [-0.39, 0.29) is 16.5 Å². The summed E-state index contributed by atoms with van der Waals surface area (Å²) in [6, 6.07) is 3.19. The van der Waals surface area contributed by atoms with Gasteiger partial charge in [-0.25, -0.2) is 4.68 Å². The second-order valence-corrected chi connectivity index (χ2v) is 4.32. The highest BCUT2D eigenvalue weighted by molar-refractivity contribution is 6.30. The Labute approximate surface area is 112 Å². The second kappa shape index (κ2) is 4.73. The third-order valence-corrected chi connectivity index (χ3v) is 2.80. The van der Waals surface area contributed by atoms with Crippen LogP contribution in [0.1, 0.15) is 18.2 Å². The second-order valence-electron chi connectivity index (χ2n) is 3.88. The Balaban J connectivity index is 2.59. The molecule has 0 atom stereocenters. The molecule has 0 saturated carbocycles. The first-order chi connectivity index (χ1) is 8.82. The number of hydrogen-bond donors (Lipinski definition) is 1. The Bertz CT molecular complexity index is 606. The summed E-state index contributed by atoms with van der Waals surface area (Å²) in [5.74, 6) is 0.191. The van der Waals surface area contributed by atoms with Crippen LogP contribution in [-0.4, -0.2) is 15.0 Å². The summed E-state index contributed by atoms with van der Waals surface area (Å²) in [7, 11) is 0. The average molecular weight is 291 g/mol. The van der Waals surface area contributed by atoms with E-state index in [1.165, 1.54) is 10.7 Å². The molecule has 2 aromatic rings. The van der Waals surface area contributed by atoms with Crippen molar-refractivity contribution in [3.05, 3.63) is 34.5 Å². The van der Waals surface area contributed by atoms with Crippen LogP contribution in [-0.2, 0) is 12.6 Å². The normalized spacial score (nSPS) is 11.8. The molecule has 2 N–H and O–H groups in total. The number of benzene rings is 1. The molecule has 8 heteroatoms. The van der Waals surface area contributed by atoms with Gasteiger partial charge in [-0.2, -0.15) is 13.2 Å². The first kappa shape index (κ1) is 13.7. The molecule has 4 nitrogen and oxygen atoms in total. The minimum absolute atomic E-state index is 0.0269. The Kier molecular flexibility index (Phi) is 3.40. The van der Waals surface area contributed by atoms with Crippen molar-refractivity contribution >= 4 is 17.4 Å². The van der Waals surface area contributed by atoms with Gasteiger partial charge in [-0.1, -0.05) is 23.7 Å². The molecule has 0 amide bonds. The molecular formula is C11H10ClF3N4. The van der Waals surface area contributed by atoms with Gasteiger partial charge in [0.2, 0.25) is 0 Å². The van der Waals surface area contributed by atoms with Gasteiger partial charge in [-0.3, -0.25) is 0 Å². The fraction of sp³-hybridized carbons (Fsp3) is 0.273. The summed E-state index contributed by atoms with van der Waals surface area (Å²) in [4.78, 5) is 0. The van der Waals surface area contributed by atoms with Crippen LogP contribution in [0.3, 0.4) is 0 Å². The molecule has 1 heterocycles. The van der Waals surface area contributed by atoms with Crippen molar-refractivity contribution in [1.82, 2.24) is 15.0 Å². The van der Waals surface area contributed by atoms with Crippen LogP contribution < -0.4 is 5.73 Å². The Morgan fingerprint density at radius 2 is 2.00 bits per heavy atom. The number of alkyl halides is 3. The molecule has 0 aliphatic heterocycles.